The van der Waals surface area contributed by atoms with Gasteiger partial charge in [0.2, 0.25) is 0 Å². The first-order chi connectivity index (χ1) is 13.3. The summed E-state index contributed by atoms with van der Waals surface area (Å²) in [6, 6.07) is 30.6. The molecule has 0 unspecified atom stereocenters. The van der Waals surface area contributed by atoms with Gasteiger partial charge in [-0.15, -0.1) is 0 Å². The van der Waals surface area contributed by atoms with E-state index < -0.39 is 0 Å². The van der Waals surface area contributed by atoms with Crippen molar-refractivity contribution in [2.45, 2.75) is 13.5 Å². The van der Waals surface area contributed by atoms with Crippen molar-refractivity contribution in [2.75, 3.05) is 0 Å². The van der Waals surface area contributed by atoms with Crippen LogP contribution in [0.4, 0.5) is 0 Å². The van der Waals surface area contributed by atoms with Crippen LogP contribution in [0.25, 0.3) is 44.7 Å². The summed E-state index contributed by atoms with van der Waals surface area (Å²) in [4.78, 5) is 0. The van der Waals surface area contributed by atoms with E-state index in [4.69, 9.17) is 0 Å². The van der Waals surface area contributed by atoms with Gasteiger partial charge in [-0.2, -0.15) is 0 Å². The summed E-state index contributed by atoms with van der Waals surface area (Å²) < 4.78 is 2.39. The molecule has 0 amide bonds. The molecule has 1 aromatic heterocycles. The Morgan fingerprint density at radius 1 is 0.630 bits per heavy atom. The summed E-state index contributed by atoms with van der Waals surface area (Å²) in [5.74, 6) is 0. The second kappa shape index (κ2) is 6.44. The minimum atomic E-state index is 0.982. The van der Waals surface area contributed by atoms with E-state index in [1.165, 1.54) is 43.7 Å². The summed E-state index contributed by atoms with van der Waals surface area (Å²) in [5, 5.41) is 5.22. The lowest BCUT2D eigenvalue weighted by Gasteiger charge is -2.03. The van der Waals surface area contributed by atoms with Gasteiger partial charge in [-0.05, 0) is 53.1 Å². The van der Waals surface area contributed by atoms with E-state index in [2.05, 4.69) is 109 Å². The molecular weight excluding hydrogens is 326 g/mol. The molecule has 1 heterocycles. The molecule has 1 nitrogen and oxygen atoms in total. The quantitative estimate of drug-likeness (QED) is 0.306. The Balaban J connectivity index is 1.58. The van der Waals surface area contributed by atoms with Crippen molar-refractivity contribution in [3.8, 4) is 0 Å². The van der Waals surface area contributed by atoms with E-state index >= 15 is 0 Å². The highest BCUT2D eigenvalue weighted by Gasteiger charge is 2.08. The Hall–Kier alpha value is -3.32. The zero-order valence-electron chi connectivity index (χ0n) is 15.4. The van der Waals surface area contributed by atoms with Crippen molar-refractivity contribution >= 4 is 44.7 Å². The van der Waals surface area contributed by atoms with Gasteiger partial charge in [-0.3, -0.25) is 0 Å². The van der Waals surface area contributed by atoms with Gasteiger partial charge in [-0.1, -0.05) is 72.8 Å². The highest BCUT2D eigenvalue weighted by atomic mass is 15.0. The summed E-state index contributed by atoms with van der Waals surface area (Å²) in [6.45, 7) is 3.19. The number of rotatable bonds is 3. The van der Waals surface area contributed by atoms with Crippen molar-refractivity contribution in [1.29, 1.82) is 0 Å². The Bertz CT molecular complexity index is 1300. The number of nitrogens with zero attached hydrogens (tertiary/aromatic N) is 1. The molecule has 1 heteroatoms. The number of aromatic nitrogens is 1. The average Bonchev–Trinajstić information content (AvgIpc) is 3.05. The molecule has 0 aliphatic heterocycles. The average molecular weight is 347 g/mol. The van der Waals surface area contributed by atoms with Gasteiger partial charge in [0, 0.05) is 28.4 Å². The fraction of sp³-hybridized carbons (Fsp3) is 0.0769. The third-order valence-corrected chi connectivity index (χ3v) is 5.35. The highest BCUT2D eigenvalue weighted by Crippen LogP contribution is 2.30. The van der Waals surface area contributed by atoms with Gasteiger partial charge in [-0.25, -0.2) is 0 Å². The maximum atomic E-state index is 2.39. The van der Waals surface area contributed by atoms with Crippen LogP contribution in [0.15, 0.2) is 84.9 Å². The third-order valence-electron chi connectivity index (χ3n) is 5.35. The first-order valence-corrected chi connectivity index (χ1v) is 9.51. The van der Waals surface area contributed by atoms with Crippen molar-refractivity contribution in [3.63, 3.8) is 0 Å². The topological polar surface area (TPSA) is 4.93 Å². The minimum absolute atomic E-state index is 0.982. The second-order valence-electron chi connectivity index (χ2n) is 6.98. The molecule has 130 valence electrons. The molecule has 0 atom stereocenters. The molecule has 0 N–H and O–H groups in total. The largest absolute Gasteiger partial charge is 0.341 e. The van der Waals surface area contributed by atoms with Crippen LogP contribution in [-0.2, 0) is 6.54 Å². The number of fused-ring (bicyclic) bond motifs is 4. The fourth-order valence-corrected chi connectivity index (χ4v) is 4.02. The van der Waals surface area contributed by atoms with Gasteiger partial charge in [0.05, 0.1) is 0 Å². The van der Waals surface area contributed by atoms with Crippen LogP contribution in [0.3, 0.4) is 0 Å². The number of hydrogen-bond acceptors (Lipinski definition) is 0. The minimum Gasteiger partial charge on any atom is -0.341 e. The molecule has 0 spiro atoms. The van der Waals surface area contributed by atoms with E-state index in [0.717, 1.165) is 6.54 Å². The Morgan fingerprint density at radius 2 is 1.30 bits per heavy atom. The van der Waals surface area contributed by atoms with Crippen molar-refractivity contribution in [1.82, 2.24) is 4.57 Å². The van der Waals surface area contributed by atoms with Crippen molar-refractivity contribution < 1.29 is 0 Å². The first kappa shape index (κ1) is 15.9. The Kier molecular flexibility index (Phi) is 3.79. The lowest BCUT2D eigenvalue weighted by atomic mass is 10.1. The Labute approximate surface area is 159 Å². The summed E-state index contributed by atoms with van der Waals surface area (Å²) in [7, 11) is 0. The SMILES string of the molecule is CCn1c2ccccc2c2cc(/C=C/c3ccc4ccccc4c3)ccc21. The normalized spacial score (nSPS) is 11.9. The molecule has 5 rings (SSSR count). The third kappa shape index (κ3) is 2.72. The number of para-hydroxylation sites is 1. The van der Waals surface area contributed by atoms with Crippen LogP contribution >= 0.6 is 0 Å². The van der Waals surface area contributed by atoms with E-state index in [-0.39, 0.29) is 0 Å². The fourth-order valence-electron chi connectivity index (χ4n) is 4.02. The number of hydrogen-bond donors (Lipinski definition) is 0. The van der Waals surface area contributed by atoms with E-state index in [9.17, 15) is 0 Å². The zero-order valence-corrected chi connectivity index (χ0v) is 15.4. The van der Waals surface area contributed by atoms with Gasteiger partial charge in [0.25, 0.3) is 0 Å². The van der Waals surface area contributed by atoms with Crippen LogP contribution in [0.5, 0.6) is 0 Å². The van der Waals surface area contributed by atoms with Gasteiger partial charge < -0.3 is 4.57 Å². The molecule has 0 aliphatic rings. The summed E-state index contributed by atoms with van der Waals surface area (Å²) in [6.07, 6.45) is 4.41. The Morgan fingerprint density at radius 3 is 2.15 bits per heavy atom. The molecule has 0 aliphatic carbocycles. The molecule has 0 fully saturated rings. The molecule has 4 aromatic carbocycles. The van der Waals surface area contributed by atoms with E-state index in [1.54, 1.807) is 0 Å². The van der Waals surface area contributed by atoms with Crippen LogP contribution in [0, 0.1) is 0 Å². The van der Waals surface area contributed by atoms with Crippen LogP contribution in [0.1, 0.15) is 18.1 Å². The van der Waals surface area contributed by atoms with Gasteiger partial charge >= 0.3 is 0 Å². The van der Waals surface area contributed by atoms with Crippen LogP contribution in [-0.4, -0.2) is 4.57 Å². The van der Waals surface area contributed by atoms with E-state index in [0.29, 0.717) is 0 Å². The lowest BCUT2D eigenvalue weighted by Crippen LogP contribution is -1.92. The van der Waals surface area contributed by atoms with Crippen molar-refractivity contribution in [3.05, 3.63) is 96.1 Å². The maximum absolute atomic E-state index is 2.39. The van der Waals surface area contributed by atoms with Gasteiger partial charge in [0.15, 0.2) is 0 Å². The number of benzene rings is 4. The zero-order chi connectivity index (χ0) is 18.2. The second-order valence-corrected chi connectivity index (χ2v) is 6.98. The highest BCUT2D eigenvalue weighted by molar-refractivity contribution is 6.08. The van der Waals surface area contributed by atoms with E-state index in [1.807, 2.05) is 0 Å². The molecular formula is C26H21N. The molecule has 0 saturated carbocycles. The molecule has 5 aromatic rings. The van der Waals surface area contributed by atoms with Crippen LogP contribution in [0.2, 0.25) is 0 Å². The lowest BCUT2D eigenvalue weighted by molar-refractivity contribution is 0.827. The molecule has 0 saturated heterocycles. The van der Waals surface area contributed by atoms with Crippen molar-refractivity contribution in [2.24, 2.45) is 0 Å². The summed E-state index contributed by atoms with van der Waals surface area (Å²) in [5.41, 5.74) is 5.08. The smallest absolute Gasteiger partial charge is 0.0491 e. The molecule has 27 heavy (non-hydrogen) atoms. The monoisotopic (exact) mass is 347 g/mol. The van der Waals surface area contributed by atoms with Gasteiger partial charge in [0.1, 0.15) is 0 Å². The standard InChI is InChI=1S/C26H21N/c1-2-27-25-10-6-5-9-23(25)24-18-20(14-16-26(24)27)12-11-19-13-15-21-7-3-4-8-22(21)17-19/h3-18H,2H2,1H3/b12-11+. The van der Waals surface area contributed by atoms with Crippen LogP contribution < -0.4 is 0 Å². The maximum Gasteiger partial charge on any atom is 0.0491 e. The predicted octanol–water partition coefficient (Wildman–Crippen LogP) is 7.14. The first-order valence-electron chi connectivity index (χ1n) is 9.51. The predicted molar refractivity (Wildman–Crippen MR) is 118 cm³/mol. The summed E-state index contributed by atoms with van der Waals surface area (Å²) >= 11 is 0. The number of aryl methyl sites for hydroxylation is 1. The molecule has 0 bridgehead atoms. The molecule has 0 radical (unpaired) electrons.